The average molecular weight is 541 g/mol. The van der Waals surface area contributed by atoms with Gasteiger partial charge in [-0.15, -0.1) is 11.3 Å². The minimum Gasteiger partial charge on any atom is -0.507 e. The molecule has 10 nitrogen and oxygen atoms in total. The second-order valence-electron chi connectivity index (χ2n) is 7.98. The van der Waals surface area contributed by atoms with Crippen molar-refractivity contribution >= 4 is 33.3 Å². The zero-order chi connectivity index (χ0) is 25.8. The number of furan rings is 1. The summed E-state index contributed by atoms with van der Waals surface area (Å²) in [6.07, 6.45) is 3.08. The molecule has 0 radical (unpaired) electrons. The first kappa shape index (κ1) is 25.0. The highest BCUT2D eigenvalue weighted by Gasteiger charge is 2.26. The lowest BCUT2D eigenvalue weighted by atomic mass is 10.2. The molecule has 0 saturated carbocycles. The molecule has 37 heavy (non-hydrogen) atoms. The van der Waals surface area contributed by atoms with Gasteiger partial charge in [0.25, 0.3) is 0 Å². The highest BCUT2D eigenvalue weighted by molar-refractivity contribution is 7.89. The molecule has 1 aliphatic rings. The zero-order valence-electron chi connectivity index (χ0n) is 19.9. The molecular formula is C25H24N4O6S2. The predicted octanol–water partition coefficient (Wildman–Crippen LogP) is 3.66. The van der Waals surface area contributed by atoms with Gasteiger partial charge in [-0.2, -0.15) is 9.41 Å². The number of hydrogen-bond acceptors (Lipinski definition) is 9. The third kappa shape index (κ3) is 5.37. The minimum atomic E-state index is -3.60. The van der Waals surface area contributed by atoms with Crippen LogP contribution in [0.5, 0.6) is 11.5 Å². The van der Waals surface area contributed by atoms with Gasteiger partial charge in [0.05, 0.1) is 43.4 Å². The van der Waals surface area contributed by atoms with E-state index in [9.17, 15) is 13.5 Å². The fourth-order valence-electron chi connectivity index (χ4n) is 3.71. The standard InChI is InChI=1S/C25H24N4O6S2/c1-33-20-6-9-23(30)18(15-20)16-26-29-22(24-3-2-12-35-24)17-36-25(29)27-19-4-7-21(8-5-19)37(31,32)28-10-13-34-14-11-28/h2-9,12,15-17,30H,10-11,13-14H2,1H3. The molecule has 0 aliphatic carbocycles. The smallest absolute Gasteiger partial charge is 0.243 e. The summed E-state index contributed by atoms with van der Waals surface area (Å²) >= 11 is 1.34. The first-order chi connectivity index (χ1) is 18.0. The van der Waals surface area contributed by atoms with Crippen LogP contribution in [-0.2, 0) is 14.8 Å². The highest BCUT2D eigenvalue weighted by atomic mass is 32.2. The van der Waals surface area contributed by atoms with Crippen molar-refractivity contribution in [3.8, 4) is 23.0 Å². The van der Waals surface area contributed by atoms with Crippen molar-refractivity contribution in [3.63, 3.8) is 0 Å². The minimum absolute atomic E-state index is 0.0514. The lowest BCUT2D eigenvalue weighted by molar-refractivity contribution is 0.0730. The number of benzene rings is 2. The maximum absolute atomic E-state index is 12.9. The molecule has 5 rings (SSSR count). The number of phenolic OH excluding ortho intramolecular Hbond substituents is 1. The van der Waals surface area contributed by atoms with Gasteiger partial charge in [0.1, 0.15) is 17.2 Å². The van der Waals surface area contributed by atoms with Crippen molar-refractivity contribution < 1.29 is 27.4 Å². The molecule has 0 spiro atoms. The largest absolute Gasteiger partial charge is 0.507 e. The third-order valence-electron chi connectivity index (χ3n) is 5.68. The van der Waals surface area contributed by atoms with E-state index in [0.717, 1.165) is 0 Å². The van der Waals surface area contributed by atoms with E-state index < -0.39 is 10.0 Å². The second-order valence-corrected chi connectivity index (χ2v) is 10.8. The molecule has 0 bridgehead atoms. The van der Waals surface area contributed by atoms with Gasteiger partial charge in [0, 0.05) is 24.0 Å². The average Bonchev–Trinajstić information content (AvgIpc) is 3.59. The van der Waals surface area contributed by atoms with Gasteiger partial charge < -0.3 is 19.0 Å². The third-order valence-corrected chi connectivity index (χ3v) is 8.40. The number of thiazole rings is 1. The van der Waals surface area contributed by atoms with Crippen molar-refractivity contribution in [3.05, 3.63) is 76.6 Å². The van der Waals surface area contributed by atoms with Crippen LogP contribution in [0.1, 0.15) is 5.56 Å². The molecule has 0 unspecified atom stereocenters. The zero-order valence-corrected chi connectivity index (χ0v) is 21.5. The van der Waals surface area contributed by atoms with Gasteiger partial charge in [0.2, 0.25) is 14.8 Å². The molecule has 2 aromatic carbocycles. The summed E-state index contributed by atoms with van der Waals surface area (Å²) in [7, 11) is -2.05. The van der Waals surface area contributed by atoms with E-state index in [0.29, 0.717) is 59.6 Å². The number of aromatic hydroxyl groups is 1. The summed E-state index contributed by atoms with van der Waals surface area (Å²) in [6.45, 7) is 1.44. The number of morpholine rings is 1. The van der Waals surface area contributed by atoms with Crippen molar-refractivity contribution in [1.29, 1.82) is 0 Å². The van der Waals surface area contributed by atoms with Crippen LogP contribution in [0.25, 0.3) is 11.5 Å². The molecular weight excluding hydrogens is 516 g/mol. The molecule has 0 amide bonds. The van der Waals surface area contributed by atoms with Crippen molar-refractivity contribution in [2.24, 2.45) is 10.1 Å². The molecule has 2 aromatic heterocycles. The van der Waals surface area contributed by atoms with Gasteiger partial charge >= 0.3 is 0 Å². The summed E-state index contributed by atoms with van der Waals surface area (Å²) in [4.78, 5) is 5.41. The van der Waals surface area contributed by atoms with Crippen LogP contribution in [0.3, 0.4) is 0 Å². The summed E-state index contributed by atoms with van der Waals surface area (Å²) in [5.74, 6) is 1.23. The van der Waals surface area contributed by atoms with Gasteiger partial charge in [0.15, 0.2) is 5.76 Å². The van der Waals surface area contributed by atoms with E-state index in [4.69, 9.17) is 13.9 Å². The Morgan fingerprint density at radius 1 is 1.11 bits per heavy atom. The van der Waals surface area contributed by atoms with Crippen LogP contribution in [0.2, 0.25) is 0 Å². The maximum Gasteiger partial charge on any atom is 0.243 e. The van der Waals surface area contributed by atoms with Gasteiger partial charge in [-0.3, -0.25) is 0 Å². The summed E-state index contributed by atoms with van der Waals surface area (Å²) in [5, 5.41) is 16.7. The van der Waals surface area contributed by atoms with Gasteiger partial charge in [-0.1, -0.05) is 0 Å². The number of ether oxygens (including phenoxy) is 2. The van der Waals surface area contributed by atoms with Crippen LogP contribution < -0.4 is 9.54 Å². The van der Waals surface area contributed by atoms with E-state index in [1.165, 1.54) is 27.9 Å². The Bertz CT molecular complexity index is 1570. The molecule has 1 aliphatic heterocycles. The lowest BCUT2D eigenvalue weighted by Gasteiger charge is -2.26. The monoisotopic (exact) mass is 540 g/mol. The normalized spacial score (nSPS) is 15.4. The number of methoxy groups -OCH3 is 1. The maximum atomic E-state index is 12.9. The molecule has 1 saturated heterocycles. The molecule has 12 heteroatoms. The molecule has 1 N–H and O–H groups in total. The van der Waals surface area contributed by atoms with Gasteiger partial charge in [-0.05, 0) is 54.6 Å². The number of hydrogen-bond donors (Lipinski definition) is 1. The Morgan fingerprint density at radius 3 is 2.59 bits per heavy atom. The Labute approximate surface area is 217 Å². The number of nitrogens with zero attached hydrogens (tertiary/aromatic N) is 4. The van der Waals surface area contributed by atoms with Crippen LogP contribution in [-0.4, -0.2) is 62.1 Å². The van der Waals surface area contributed by atoms with E-state index in [1.807, 2.05) is 11.4 Å². The molecule has 4 aromatic rings. The van der Waals surface area contributed by atoms with E-state index in [1.54, 1.807) is 60.5 Å². The lowest BCUT2D eigenvalue weighted by Crippen LogP contribution is -2.40. The molecule has 0 atom stereocenters. The van der Waals surface area contributed by atoms with E-state index >= 15 is 0 Å². The number of sulfonamides is 1. The predicted molar refractivity (Wildman–Crippen MR) is 139 cm³/mol. The van der Waals surface area contributed by atoms with Crippen molar-refractivity contribution in [2.45, 2.75) is 4.90 Å². The van der Waals surface area contributed by atoms with E-state index in [-0.39, 0.29) is 10.6 Å². The first-order valence-electron chi connectivity index (χ1n) is 11.3. The summed E-state index contributed by atoms with van der Waals surface area (Å²) in [5.41, 5.74) is 1.69. The van der Waals surface area contributed by atoms with Crippen molar-refractivity contribution in [2.75, 3.05) is 33.4 Å². The summed E-state index contributed by atoms with van der Waals surface area (Å²) in [6, 6.07) is 14.8. The quantitative estimate of drug-likeness (QED) is 0.358. The fourth-order valence-corrected chi connectivity index (χ4v) is 5.95. The topological polar surface area (TPSA) is 119 Å². The number of phenols is 1. The number of aromatic nitrogens is 1. The van der Waals surface area contributed by atoms with Gasteiger partial charge in [-0.25, -0.2) is 18.1 Å². The van der Waals surface area contributed by atoms with Crippen LogP contribution in [0.4, 0.5) is 5.69 Å². The van der Waals surface area contributed by atoms with Crippen molar-refractivity contribution in [1.82, 2.24) is 8.98 Å². The highest BCUT2D eigenvalue weighted by Crippen LogP contribution is 2.24. The Balaban J connectivity index is 1.51. The summed E-state index contributed by atoms with van der Waals surface area (Å²) < 4.78 is 44.9. The molecule has 1 fully saturated rings. The Kier molecular flexibility index (Phi) is 7.24. The molecule has 192 valence electrons. The Morgan fingerprint density at radius 2 is 1.89 bits per heavy atom. The first-order valence-corrected chi connectivity index (χ1v) is 13.7. The van der Waals surface area contributed by atoms with E-state index in [2.05, 4.69) is 10.1 Å². The second kappa shape index (κ2) is 10.7. The van der Waals surface area contributed by atoms with Crippen LogP contribution in [0.15, 0.2) is 85.6 Å². The number of rotatable bonds is 7. The fraction of sp³-hybridized carbons (Fsp3) is 0.200. The SMILES string of the molecule is COc1ccc(O)c(C=Nn2c(-c3ccco3)csc2=Nc2ccc(S(=O)(=O)N3CCOCC3)cc2)c1. The van der Waals surface area contributed by atoms with Crippen LogP contribution >= 0.6 is 11.3 Å². The molecule has 3 heterocycles. The van der Waals surface area contributed by atoms with Crippen LogP contribution in [0, 0.1) is 0 Å². The Hall–Kier alpha value is -3.71.